The molecule has 0 atom stereocenters. The van der Waals surface area contributed by atoms with Crippen LogP contribution in [0.2, 0.25) is 0 Å². The molecule has 1 aliphatic carbocycles. The van der Waals surface area contributed by atoms with Crippen molar-refractivity contribution in [1.29, 1.82) is 0 Å². The lowest BCUT2D eigenvalue weighted by Crippen LogP contribution is -2.40. The highest BCUT2D eigenvalue weighted by Crippen LogP contribution is 2.46. The van der Waals surface area contributed by atoms with Gasteiger partial charge in [-0.1, -0.05) is 39.0 Å². The molecule has 0 aromatic heterocycles. The lowest BCUT2D eigenvalue weighted by atomic mass is 9.68. The average Bonchev–Trinajstić information content (AvgIpc) is 2.68. The number of allylic oxidation sites excluding steroid dienone is 4. The van der Waals surface area contributed by atoms with Gasteiger partial charge in [0.1, 0.15) is 22.9 Å². The van der Waals surface area contributed by atoms with Gasteiger partial charge in [-0.3, -0.25) is 9.59 Å². The van der Waals surface area contributed by atoms with E-state index in [1.807, 2.05) is 20.8 Å². The number of rotatable bonds is 7. The highest BCUT2D eigenvalue weighted by molar-refractivity contribution is 6.28. The van der Waals surface area contributed by atoms with Crippen LogP contribution in [0, 0.1) is 18.2 Å². The van der Waals surface area contributed by atoms with E-state index in [4.69, 9.17) is 4.74 Å². The number of carbonyl (C=O) groups excluding carboxylic acids is 2. The molecule has 5 heteroatoms. The SMILES string of the molecule is CCC1=C(OC)C(CC)(CC)C(=O)C(C(=O)/C=C/c2ccc(C)c(F)c2)=C1O. The first-order chi connectivity index (χ1) is 13.3. The average molecular weight is 386 g/mol. The van der Waals surface area contributed by atoms with Crippen LogP contribution in [-0.4, -0.2) is 23.8 Å². The van der Waals surface area contributed by atoms with E-state index in [0.29, 0.717) is 41.7 Å². The number of carbonyl (C=O) groups is 2. The molecule has 0 saturated carbocycles. The van der Waals surface area contributed by atoms with Crippen molar-refractivity contribution in [2.75, 3.05) is 7.11 Å². The number of aryl methyl sites for hydroxylation is 1. The molecule has 2 rings (SSSR count). The molecule has 0 heterocycles. The molecule has 0 amide bonds. The summed E-state index contributed by atoms with van der Waals surface area (Å²) in [5, 5.41) is 10.7. The lowest BCUT2D eigenvalue weighted by molar-refractivity contribution is -0.128. The number of benzene rings is 1. The first-order valence-corrected chi connectivity index (χ1v) is 9.51. The molecule has 0 bridgehead atoms. The number of aliphatic hydroxyl groups excluding tert-OH is 1. The fourth-order valence-corrected chi connectivity index (χ4v) is 3.73. The van der Waals surface area contributed by atoms with Gasteiger partial charge >= 0.3 is 0 Å². The van der Waals surface area contributed by atoms with E-state index in [0.717, 1.165) is 0 Å². The van der Waals surface area contributed by atoms with E-state index in [2.05, 4.69) is 0 Å². The Bertz CT molecular complexity index is 886. The van der Waals surface area contributed by atoms with Gasteiger partial charge < -0.3 is 9.84 Å². The maximum atomic E-state index is 13.7. The summed E-state index contributed by atoms with van der Waals surface area (Å²) in [6, 6.07) is 4.62. The van der Waals surface area contributed by atoms with Crippen LogP contribution in [0.1, 0.15) is 51.2 Å². The van der Waals surface area contributed by atoms with Crippen LogP contribution in [0.25, 0.3) is 6.08 Å². The number of Topliss-reactive ketones (excluding diaryl/α,β-unsaturated/α-hetero) is 1. The van der Waals surface area contributed by atoms with E-state index < -0.39 is 17.0 Å². The highest BCUT2D eigenvalue weighted by atomic mass is 19.1. The summed E-state index contributed by atoms with van der Waals surface area (Å²) < 4.78 is 19.2. The molecule has 0 saturated heterocycles. The van der Waals surface area contributed by atoms with Crippen molar-refractivity contribution in [2.24, 2.45) is 5.41 Å². The van der Waals surface area contributed by atoms with Crippen LogP contribution in [0.4, 0.5) is 4.39 Å². The van der Waals surface area contributed by atoms with Crippen molar-refractivity contribution in [1.82, 2.24) is 0 Å². The fraction of sp³-hybridized carbons (Fsp3) is 0.391. The minimum atomic E-state index is -0.971. The molecule has 1 aromatic carbocycles. The summed E-state index contributed by atoms with van der Waals surface area (Å²) in [7, 11) is 1.48. The van der Waals surface area contributed by atoms with Crippen molar-refractivity contribution in [3.8, 4) is 0 Å². The van der Waals surface area contributed by atoms with Crippen molar-refractivity contribution >= 4 is 17.6 Å². The summed E-state index contributed by atoms with van der Waals surface area (Å²) >= 11 is 0. The minimum Gasteiger partial charge on any atom is -0.507 e. The van der Waals surface area contributed by atoms with Gasteiger partial charge in [-0.25, -0.2) is 4.39 Å². The maximum Gasteiger partial charge on any atom is 0.193 e. The fourth-order valence-electron chi connectivity index (χ4n) is 3.73. The Morgan fingerprint density at radius 2 is 1.89 bits per heavy atom. The van der Waals surface area contributed by atoms with Crippen LogP contribution in [0.5, 0.6) is 0 Å². The normalized spacial score (nSPS) is 16.9. The molecular formula is C23H27FO4. The summed E-state index contributed by atoms with van der Waals surface area (Å²) in [5.41, 5.74) is 0.281. The van der Waals surface area contributed by atoms with Gasteiger partial charge in [0.05, 0.1) is 12.5 Å². The Labute approximate surface area is 165 Å². The zero-order valence-corrected chi connectivity index (χ0v) is 17.1. The standard InChI is InChI=1S/C23H27FO4/c1-6-16-20(26)19(21(27)23(7-2,8-3)22(16)28-5)18(25)12-11-15-10-9-14(4)17(24)13-15/h9-13,26H,6-8H2,1-5H3/b12-11+. The first kappa shape index (κ1) is 21.6. The monoisotopic (exact) mass is 386 g/mol. The Hall–Kier alpha value is -2.69. The predicted octanol–water partition coefficient (Wildman–Crippen LogP) is 5.23. The van der Waals surface area contributed by atoms with Gasteiger partial charge in [-0.05, 0) is 49.5 Å². The summed E-state index contributed by atoms with van der Waals surface area (Å²) in [6.07, 6.45) is 3.97. The Morgan fingerprint density at radius 1 is 1.25 bits per heavy atom. The molecule has 0 unspecified atom stereocenters. The van der Waals surface area contributed by atoms with E-state index in [9.17, 15) is 19.1 Å². The van der Waals surface area contributed by atoms with Crippen molar-refractivity contribution in [3.63, 3.8) is 0 Å². The van der Waals surface area contributed by atoms with Crippen molar-refractivity contribution in [2.45, 2.75) is 47.0 Å². The number of ether oxygens (including phenoxy) is 1. The van der Waals surface area contributed by atoms with Gasteiger partial charge in [0.25, 0.3) is 0 Å². The van der Waals surface area contributed by atoms with Crippen LogP contribution in [0.3, 0.4) is 0 Å². The van der Waals surface area contributed by atoms with Gasteiger partial charge in [-0.15, -0.1) is 0 Å². The molecule has 1 N–H and O–H groups in total. The molecule has 150 valence electrons. The number of aliphatic hydroxyl groups is 1. The third-order valence-corrected chi connectivity index (χ3v) is 5.53. The summed E-state index contributed by atoms with van der Waals surface area (Å²) in [6.45, 7) is 7.22. The first-order valence-electron chi connectivity index (χ1n) is 9.51. The molecular weight excluding hydrogens is 359 g/mol. The van der Waals surface area contributed by atoms with Crippen LogP contribution in [0.15, 0.2) is 46.9 Å². The van der Waals surface area contributed by atoms with Gasteiger partial charge in [0, 0.05) is 5.57 Å². The van der Waals surface area contributed by atoms with Crippen LogP contribution in [-0.2, 0) is 14.3 Å². The maximum absolute atomic E-state index is 13.7. The molecule has 0 spiro atoms. The van der Waals surface area contributed by atoms with Gasteiger partial charge in [0.15, 0.2) is 11.6 Å². The number of hydrogen-bond acceptors (Lipinski definition) is 4. The van der Waals surface area contributed by atoms with Gasteiger partial charge in [-0.2, -0.15) is 0 Å². The summed E-state index contributed by atoms with van der Waals surface area (Å²) in [5.74, 6) is -1.30. The third-order valence-electron chi connectivity index (χ3n) is 5.53. The lowest BCUT2D eigenvalue weighted by Gasteiger charge is -2.37. The van der Waals surface area contributed by atoms with E-state index in [-0.39, 0.29) is 17.1 Å². The van der Waals surface area contributed by atoms with Crippen LogP contribution >= 0.6 is 0 Å². The Morgan fingerprint density at radius 3 is 2.39 bits per heavy atom. The predicted molar refractivity (Wildman–Crippen MR) is 107 cm³/mol. The van der Waals surface area contributed by atoms with Crippen LogP contribution < -0.4 is 0 Å². The largest absolute Gasteiger partial charge is 0.507 e. The molecule has 1 aliphatic rings. The highest BCUT2D eigenvalue weighted by Gasteiger charge is 2.49. The molecule has 0 fully saturated rings. The Balaban J connectivity index is 2.53. The Kier molecular flexibility index (Phi) is 6.60. The van der Waals surface area contributed by atoms with Gasteiger partial charge in [0.2, 0.25) is 0 Å². The molecule has 0 radical (unpaired) electrons. The molecule has 1 aromatic rings. The third kappa shape index (κ3) is 3.53. The second-order valence-corrected chi connectivity index (χ2v) is 6.91. The quantitative estimate of drug-likeness (QED) is 0.515. The molecule has 28 heavy (non-hydrogen) atoms. The van der Waals surface area contributed by atoms with E-state index in [1.54, 1.807) is 19.1 Å². The molecule has 0 aliphatic heterocycles. The topological polar surface area (TPSA) is 63.6 Å². The number of hydrogen-bond donors (Lipinski definition) is 1. The second-order valence-electron chi connectivity index (χ2n) is 6.91. The smallest absolute Gasteiger partial charge is 0.193 e. The van der Waals surface area contributed by atoms with E-state index in [1.165, 1.54) is 25.3 Å². The minimum absolute atomic E-state index is 0.231. The molecule has 4 nitrogen and oxygen atoms in total. The van der Waals surface area contributed by atoms with E-state index >= 15 is 0 Å². The van der Waals surface area contributed by atoms with Crippen molar-refractivity contribution < 1.29 is 23.8 Å². The zero-order valence-electron chi connectivity index (χ0n) is 17.1. The second kappa shape index (κ2) is 8.55. The zero-order chi connectivity index (χ0) is 21.1. The number of ketones is 2. The summed E-state index contributed by atoms with van der Waals surface area (Å²) in [4.78, 5) is 26.1. The number of methoxy groups -OCH3 is 1. The van der Waals surface area contributed by atoms with Crippen molar-refractivity contribution in [3.05, 3.63) is 63.9 Å². The number of halogens is 1.